The van der Waals surface area contributed by atoms with Gasteiger partial charge in [-0.15, -0.1) is 0 Å². The molecule has 1 atom stereocenters. The number of para-hydroxylation sites is 1. The van der Waals surface area contributed by atoms with Crippen LogP contribution < -0.4 is 9.80 Å². The summed E-state index contributed by atoms with van der Waals surface area (Å²) in [6.45, 7) is 14.8. The number of allylic oxidation sites excluding steroid dienone is 3. The molecule has 61 heavy (non-hydrogen) atoms. The van der Waals surface area contributed by atoms with Gasteiger partial charge < -0.3 is 9.80 Å². The van der Waals surface area contributed by atoms with E-state index in [-0.39, 0.29) is 22.2 Å². The molecule has 0 spiro atoms. The molecule has 0 saturated carbocycles. The first-order chi connectivity index (χ1) is 29.5. The summed E-state index contributed by atoms with van der Waals surface area (Å²) in [6, 6.07) is 63.5. The van der Waals surface area contributed by atoms with E-state index in [9.17, 15) is 0 Å². The zero-order chi connectivity index (χ0) is 41.4. The summed E-state index contributed by atoms with van der Waals surface area (Å²) in [5.41, 5.74) is 19.9. The van der Waals surface area contributed by atoms with Crippen LogP contribution in [0.5, 0.6) is 0 Å². The smallest absolute Gasteiger partial charge is 0.0544 e. The van der Waals surface area contributed by atoms with Crippen LogP contribution in [0.1, 0.15) is 81.7 Å². The first kappa shape index (κ1) is 36.2. The molecule has 4 aliphatic rings. The maximum Gasteiger partial charge on any atom is 0.0544 e. The van der Waals surface area contributed by atoms with E-state index in [0.29, 0.717) is 0 Å². The van der Waals surface area contributed by atoms with Crippen molar-refractivity contribution < 1.29 is 0 Å². The second-order valence-corrected chi connectivity index (χ2v) is 19.3. The van der Waals surface area contributed by atoms with E-state index < -0.39 is 0 Å². The average Bonchev–Trinajstić information content (AvgIpc) is 3.29. The standard InChI is InChI=1S/C59H50N2/c1-57(2)46-25-16-26-47-54(46)61-55-48(57)33-41(37-17-8-7-9-18-37)34-50(55)59(5,6)51-36-42(35-49(56(51)61)58(47,3)4)38-29-31-43(32-30-38)60(52-27-14-21-39-19-10-12-23-44(39)52)53-28-15-22-40-20-11-13-24-45(40)53/h7-34,36,42H,35H2,1-6H3. The molecular weight excluding hydrogens is 737 g/mol. The van der Waals surface area contributed by atoms with Crippen LogP contribution >= 0.6 is 0 Å². The highest BCUT2D eigenvalue weighted by molar-refractivity contribution is 6.05. The molecule has 3 aliphatic heterocycles. The molecular formula is C59H50N2. The zero-order valence-corrected chi connectivity index (χ0v) is 35.9. The van der Waals surface area contributed by atoms with Gasteiger partial charge in [-0.25, -0.2) is 0 Å². The molecule has 8 aromatic rings. The number of rotatable bonds is 5. The molecule has 0 radical (unpaired) electrons. The third-order valence-corrected chi connectivity index (χ3v) is 15.0. The van der Waals surface area contributed by atoms with Crippen molar-refractivity contribution in [1.29, 1.82) is 0 Å². The van der Waals surface area contributed by atoms with Crippen LogP contribution in [0.4, 0.5) is 28.4 Å². The van der Waals surface area contributed by atoms with Crippen molar-refractivity contribution in [3.63, 3.8) is 0 Å². The van der Waals surface area contributed by atoms with Crippen LogP contribution in [0.15, 0.2) is 193 Å². The van der Waals surface area contributed by atoms with Crippen LogP contribution in [0.2, 0.25) is 0 Å². The zero-order valence-electron chi connectivity index (χ0n) is 35.9. The largest absolute Gasteiger partial charge is 0.309 e. The molecule has 8 aromatic carbocycles. The monoisotopic (exact) mass is 786 g/mol. The maximum atomic E-state index is 2.72. The Morgan fingerprint density at radius 3 is 1.64 bits per heavy atom. The summed E-state index contributed by atoms with van der Waals surface area (Å²) < 4.78 is 0. The lowest BCUT2D eigenvalue weighted by molar-refractivity contribution is 0.505. The van der Waals surface area contributed by atoms with Gasteiger partial charge in [-0.2, -0.15) is 0 Å². The third-order valence-electron chi connectivity index (χ3n) is 15.0. The molecule has 12 rings (SSSR count). The summed E-state index contributed by atoms with van der Waals surface area (Å²) in [5.74, 6) is 0.231. The lowest BCUT2D eigenvalue weighted by Crippen LogP contribution is -2.48. The van der Waals surface area contributed by atoms with Gasteiger partial charge in [-0.1, -0.05) is 181 Å². The minimum atomic E-state index is -0.222. The van der Waals surface area contributed by atoms with E-state index >= 15 is 0 Å². The number of anilines is 5. The summed E-state index contributed by atoms with van der Waals surface area (Å²) in [7, 11) is 0. The minimum absolute atomic E-state index is 0.139. The molecule has 3 heterocycles. The summed E-state index contributed by atoms with van der Waals surface area (Å²) >= 11 is 0. The lowest BCUT2D eigenvalue weighted by atomic mass is 9.57. The number of fused-ring (bicyclic) bond motifs is 2. The molecule has 1 unspecified atom stereocenters. The third kappa shape index (κ3) is 5.03. The van der Waals surface area contributed by atoms with Gasteiger partial charge >= 0.3 is 0 Å². The second-order valence-electron chi connectivity index (χ2n) is 19.3. The molecule has 0 saturated heterocycles. The van der Waals surface area contributed by atoms with Crippen molar-refractivity contribution in [3.8, 4) is 11.1 Å². The van der Waals surface area contributed by atoms with Crippen LogP contribution in [0.25, 0.3) is 32.7 Å². The SMILES string of the molecule is CC1(C)C2=CC(c3ccc(N(c4cccc5ccccc45)c4cccc5ccccc45)cc3)CC3=C2N2c4c1cc(-c1ccccc1)cc4C(C)(C)c1cccc(c12)C3(C)C. The highest BCUT2D eigenvalue weighted by Gasteiger charge is 2.54. The predicted molar refractivity (Wildman–Crippen MR) is 257 cm³/mol. The molecule has 1 aliphatic carbocycles. The van der Waals surface area contributed by atoms with Crippen molar-refractivity contribution in [2.45, 2.75) is 70.1 Å². The Morgan fingerprint density at radius 1 is 0.475 bits per heavy atom. The van der Waals surface area contributed by atoms with Crippen molar-refractivity contribution in [2.75, 3.05) is 9.80 Å². The van der Waals surface area contributed by atoms with Gasteiger partial charge in [-0.05, 0) is 104 Å². The Bertz CT molecular complexity index is 3110. The Balaban J connectivity index is 1.04. The van der Waals surface area contributed by atoms with Crippen LogP contribution in [0.3, 0.4) is 0 Å². The van der Waals surface area contributed by atoms with E-state index in [1.165, 1.54) is 94.5 Å². The number of nitrogens with zero attached hydrogens (tertiary/aromatic N) is 2. The van der Waals surface area contributed by atoms with Gasteiger partial charge in [0.2, 0.25) is 0 Å². The van der Waals surface area contributed by atoms with Crippen molar-refractivity contribution in [3.05, 3.63) is 221 Å². The molecule has 296 valence electrons. The normalized spacial score (nSPS) is 18.5. The first-order valence-electron chi connectivity index (χ1n) is 22.0. The lowest BCUT2D eigenvalue weighted by Gasteiger charge is -2.57. The minimum Gasteiger partial charge on any atom is -0.309 e. The van der Waals surface area contributed by atoms with E-state index in [1.807, 2.05) is 0 Å². The van der Waals surface area contributed by atoms with E-state index in [4.69, 9.17) is 0 Å². The van der Waals surface area contributed by atoms with Crippen LogP contribution in [-0.2, 0) is 16.2 Å². The first-order valence-corrected chi connectivity index (χ1v) is 22.0. The van der Waals surface area contributed by atoms with Gasteiger partial charge in [0, 0.05) is 38.6 Å². The van der Waals surface area contributed by atoms with E-state index in [0.717, 1.165) is 12.1 Å². The van der Waals surface area contributed by atoms with Crippen LogP contribution in [0, 0.1) is 0 Å². The van der Waals surface area contributed by atoms with E-state index in [1.54, 1.807) is 5.57 Å². The fraction of sp³-hybridized carbons (Fsp3) is 0.186. The summed E-state index contributed by atoms with van der Waals surface area (Å²) in [5, 5.41) is 4.95. The highest BCUT2D eigenvalue weighted by Crippen LogP contribution is 2.67. The summed E-state index contributed by atoms with van der Waals surface area (Å²) in [4.78, 5) is 5.19. The molecule has 2 nitrogen and oxygen atoms in total. The maximum absolute atomic E-state index is 2.72. The topological polar surface area (TPSA) is 6.48 Å². The quantitative estimate of drug-likeness (QED) is 0.171. The van der Waals surface area contributed by atoms with Crippen molar-refractivity contribution >= 4 is 50.0 Å². The number of hydrogen-bond acceptors (Lipinski definition) is 2. The van der Waals surface area contributed by atoms with Gasteiger partial charge in [0.05, 0.1) is 28.4 Å². The predicted octanol–water partition coefficient (Wildman–Crippen LogP) is 15.9. The second kappa shape index (κ2) is 12.7. The fourth-order valence-corrected chi connectivity index (χ4v) is 11.6. The Morgan fingerprint density at radius 2 is 1.00 bits per heavy atom. The fourth-order valence-electron chi connectivity index (χ4n) is 11.6. The van der Waals surface area contributed by atoms with Gasteiger partial charge in [0.25, 0.3) is 0 Å². The number of benzene rings is 8. The highest BCUT2D eigenvalue weighted by atomic mass is 15.2. The molecule has 0 amide bonds. The average molecular weight is 787 g/mol. The Kier molecular flexibility index (Phi) is 7.54. The van der Waals surface area contributed by atoms with Crippen LogP contribution in [-0.4, -0.2) is 0 Å². The Hall–Kier alpha value is -6.64. The van der Waals surface area contributed by atoms with E-state index in [2.05, 4.69) is 227 Å². The van der Waals surface area contributed by atoms with Gasteiger partial charge in [-0.3, -0.25) is 0 Å². The van der Waals surface area contributed by atoms with Gasteiger partial charge in [0.15, 0.2) is 0 Å². The molecule has 0 N–H and O–H groups in total. The molecule has 0 bridgehead atoms. The van der Waals surface area contributed by atoms with Gasteiger partial charge in [0.1, 0.15) is 0 Å². The number of hydrogen-bond donors (Lipinski definition) is 0. The summed E-state index contributed by atoms with van der Waals surface area (Å²) in [6.07, 6.45) is 3.64. The molecule has 2 heteroatoms. The Labute approximate surface area is 360 Å². The van der Waals surface area contributed by atoms with Crippen molar-refractivity contribution in [2.24, 2.45) is 0 Å². The molecule has 0 aromatic heterocycles. The molecule has 0 fully saturated rings. The van der Waals surface area contributed by atoms with Crippen molar-refractivity contribution in [1.82, 2.24) is 0 Å².